The van der Waals surface area contributed by atoms with Crippen molar-refractivity contribution in [2.45, 2.75) is 32.7 Å². The highest BCUT2D eigenvalue weighted by Gasteiger charge is 2.28. The normalized spacial score (nSPS) is 13.3. The van der Waals surface area contributed by atoms with E-state index in [4.69, 9.17) is 16.3 Å². The highest BCUT2D eigenvalue weighted by Crippen LogP contribution is 2.37. The van der Waals surface area contributed by atoms with Crippen LogP contribution in [0.15, 0.2) is 35.9 Å². The first-order valence-corrected chi connectivity index (χ1v) is 10.0. The molecule has 2 heterocycles. The molecule has 1 N–H and O–H groups in total. The van der Waals surface area contributed by atoms with Crippen LogP contribution in [0.4, 0.5) is 9.80 Å². The average molecular weight is 420 g/mol. The second-order valence-corrected chi connectivity index (χ2v) is 7.63. The van der Waals surface area contributed by atoms with Crippen LogP contribution in [0.25, 0.3) is 0 Å². The number of fused-ring (bicyclic) bond motifs is 1. The van der Waals surface area contributed by atoms with Gasteiger partial charge in [0.25, 0.3) is 0 Å². The number of allylic oxidation sites excluding steroid dienone is 4. The Kier molecular flexibility index (Phi) is 7.85. The molecule has 0 aliphatic carbocycles. The van der Waals surface area contributed by atoms with Crippen molar-refractivity contribution in [3.8, 4) is 6.07 Å². The molecule has 8 heteroatoms. The molecule has 0 saturated carbocycles. The van der Waals surface area contributed by atoms with Gasteiger partial charge in [-0.1, -0.05) is 36.9 Å². The van der Waals surface area contributed by atoms with Crippen molar-refractivity contribution in [3.63, 3.8) is 0 Å². The van der Waals surface area contributed by atoms with E-state index in [1.165, 1.54) is 11.3 Å². The molecular formula is C20H22ClN3O3S. The van der Waals surface area contributed by atoms with Crippen molar-refractivity contribution in [2.24, 2.45) is 0 Å². The molecular weight excluding hydrogens is 398 g/mol. The lowest BCUT2D eigenvalue weighted by Gasteiger charge is -2.25. The van der Waals surface area contributed by atoms with E-state index in [-0.39, 0.29) is 18.4 Å². The van der Waals surface area contributed by atoms with Gasteiger partial charge >= 0.3 is 6.09 Å². The topological polar surface area (TPSA) is 82.4 Å². The van der Waals surface area contributed by atoms with E-state index in [9.17, 15) is 14.9 Å². The molecule has 2 rings (SSSR count). The third-order valence-corrected chi connectivity index (χ3v) is 5.61. The highest BCUT2D eigenvalue weighted by molar-refractivity contribution is 7.16. The Balaban J connectivity index is 2.09. The lowest BCUT2D eigenvalue weighted by molar-refractivity contribution is -0.116. The Hall–Kier alpha value is -2.56. The van der Waals surface area contributed by atoms with Gasteiger partial charge in [0.2, 0.25) is 5.91 Å². The summed E-state index contributed by atoms with van der Waals surface area (Å²) >= 11 is 7.25. The fraction of sp³-hybridized carbons (Fsp3) is 0.350. The molecule has 0 atom stereocenters. The maximum absolute atomic E-state index is 12.4. The third-order valence-electron chi connectivity index (χ3n) is 4.24. The number of nitriles is 1. The Morgan fingerprint density at radius 2 is 2.21 bits per heavy atom. The maximum atomic E-state index is 12.4. The van der Waals surface area contributed by atoms with Gasteiger partial charge in [0.05, 0.1) is 18.7 Å². The number of rotatable bonds is 7. The number of amides is 2. The fourth-order valence-corrected chi connectivity index (χ4v) is 4.26. The number of thiophene rings is 1. The largest absolute Gasteiger partial charge is 0.450 e. The second kappa shape index (κ2) is 10.1. The number of carbonyl (C=O) groups is 2. The highest BCUT2D eigenvalue weighted by atomic mass is 35.5. The van der Waals surface area contributed by atoms with Crippen LogP contribution in [0.1, 0.15) is 35.8 Å². The summed E-state index contributed by atoms with van der Waals surface area (Å²) in [5.41, 5.74) is 2.10. The Morgan fingerprint density at radius 1 is 1.46 bits per heavy atom. The number of carbonyl (C=O) groups excluding carboxylic acids is 2. The predicted octanol–water partition coefficient (Wildman–Crippen LogP) is 4.72. The van der Waals surface area contributed by atoms with E-state index < -0.39 is 0 Å². The summed E-state index contributed by atoms with van der Waals surface area (Å²) < 4.78 is 5.04. The van der Waals surface area contributed by atoms with Gasteiger partial charge in [-0.3, -0.25) is 4.79 Å². The molecule has 0 bridgehead atoms. The summed E-state index contributed by atoms with van der Waals surface area (Å²) in [6.07, 6.45) is 4.13. The van der Waals surface area contributed by atoms with Crippen LogP contribution in [0, 0.1) is 11.3 Å². The van der Waals surface area contributed by atoms with Crippen LogP contribution >= 0.6 is 22.9 Å². The second-order valence-electron chi connectivity index (χ2n) is 6.07. The smallest absolute Gasteiger partial charge is 0.410 e. The van der Waals surface area contributed by atoms with Crippen molar-refractivity contribution in [1.29, 1.82) is 5.26 Å². The first-order chi connectivity index (χ1) is 13.4. The molecule has 1 aliphatic heterocycles. The summed E-state index contributed by atoms with van der Waals surface area (Å²) in [6.45, 7) is 10.2. The minimum Gasteiger partial charge on any atom is -0.450 e. The molecule has 1 aliphatic rings. The third kappa shape index (κ3) is 5.24. The van der Waals surface area contributed by atoms with Crippen molar-refractivity contribution in [1.82, 2.24) is 4.90 Å². The molecule has 0 aromatic carbocycles. The van der Waals surface area contributed by atoms with E-state index in [0.29, 0.717) is 48.1 Å². The fourth-order valence-electron chi connectivity index (χ4n) is 2.87. The number of anilines is 1. The summed E-state index contributed by atoms with van der Waals surface area (Å²) in [6, 6.07) is 2.18. The van der Waals surface area contributed by atoms with Crippen LogP contribution in [0.3, 0.4) is 0 Å². The predicted molar refractivity (Wildman–Crippen MR) is 111 cm³/mol. The van der Waals surface area contributed by atoms with Gasteiger partial charge in [-0.05, 0) is 30.9 Å². The zero-order valence-electron chi connectivity index (χ0n) is 15.7. The molecule has 2 amide bonds. The van der Waals surface area contributed by atoms with Gasteiger partial charge in [-0.25, -0.2) is 4.79 Å². The van der Waals surface area contributed by atoms with Gasteiger partial charge in [0.15, 0.2) is 0 Å². The number of halogens is 1. The van der Waals surface area contributed by atoms with E-state index in [0.717, 1.165) is 16.0 Å². The molecule has 6 nitrogen and oxygen atoms in total. The quantitative estimate of drug-likeness (QED) is 0.648. The molecule has 0 unspecified atom stereocenters. The monoisotopic (exact) mass is 419 g/mol. The zero-order valence-corrected chi connectivity index (χ0v) is 17.3. The van der Waals surface area contributed by atoms with Gasteiger partial charge in [-0.15, -0.1) is 11.3 Å². The lowest BCUT2D eigenvalue weighted by Crippen LogP contribution is -2.35. The summed E-state index contributed by atoms with van der Waals surface area (Å²) in [7, 11) is 0. The van der Waals surface area contributed by atoms with Gasteiger partial charge < -0.3 is 15.0 Å². The Labute approximate surface area is 173 Å². The summed E-state index contributed by atoms with van der Waals surface area (Å²) in [5.74, 6) is -0.217. The first-order valence-electron chi connectivity index (χ1n) is 8.83. The molecule has 0 radical (unpaired) electrons. The van der Waals surface area contributed by atoms with Crippen LogP contribution in [0.5, 0.6) is 0 Å². The lowest BCUT2D eigenvalue weighted by atomic mass is 10.0. The molecule has 1 aromatic heterocycles. The molecule has 1 aromatic rings. The number of hydrogen-bond acceptors (Lipinski definition) is 5. The molecule has 148 valence electrons. The van der Waals surface area contributed by atoms with E-state index in [1.807, 2.05) is 0 Å². The number of ether oxygens (including phenoxy) is 1. The van der Waals surface area contributed by atoms with Crippen LogP contribution in [-0.4, -0.2) is 30.1 Å². The van der Waals surface area contributed by atoms with E-state index >= 15 is 0 Å². The summed E-state index contributed by atoms with van der Waals surface area (Å²) in [5, 5.41) is 13.3. The Bertz CT molecular complexity index is 867. The number of nitrogens with one attached hydrogen (secondary N) is 1. The number of hydrogen-bond donors (Lipinski definition) is 1. The summed E-state index contributed by atoms with van der Waals surface area (Å²) in [4.78, 5) is 26.8. The van der Waals surface area contributed by atoms with Crippen LogP contribution in [-0.2, 0) is 22.5 Å². The minimum absolute atomic E-state index is 0.202. The molecule has 0 spiro atoms. The first kappa shape index (κ1) is 21.7. The molecule has 0 fully saturated rings. The zero-order chi connectivity index (χ0) is 20.7. The van der Waals surface area contributed by atoms with Crippen LogP contribution < -0.4 is 5.32 Å². The maximum Gasteiger partial charge on any atom is 0.410 e. The van der Waals surface area contributed by atoms with Gasteiger partial charge in [0.1, 0.15) is 11.1 Å². The number of nitrogens with zero attached hydrogens (tertiary/aromatic N) is 2. The van der Waals surface area contributed by atoms with E-state index in [1.54, 1.807) is 24.0 Å². The Morgan fingerprint density at radius 3 is 2.82 bits per heavy atom. The minimum atomic E-state index is -0.367. The van der Waals surface area contributed by atoms with Crippen molar-refractivity contribution in [2.75, 3.05) is 18.5 Å². The average Bonchev–Trinajstić information content (AvgIpc) is 3.00. The van der Waals surface area contributed by atoms with E-state index in [2.05, 4.69) is 24.5 Å². The molecule has 0 saturated heterocycles. The van der Waals surface area contributed by atoms with Gasteiger partial charge in [-0.2, -0.15) is 5.26 Å². The SMILES string of the molecule is C=C/C=C(/CCC(=O)Nc1sc2c(c1C#N)CCN(C(=O)OCC)C2)C(=C)Cl. The van der Waals surface area contributed by atoms with Crippen molar-refractivity contribution < 1.29 is 14.3 Å². The van der Waals surface area contributed by atoms with Crippen molar-refractivity contribution in [3.05, 3.63) is 51.9 Å². The van der Waals surface area contributed by atoms with Gasteiger partial charge in [0, 0.05) is 22.9 Å². The standard InChI is InChI=1S/C20H22ClN3O3S/c1-4-6-14(13(3)21)7-8-18(25)23-19-16(11-22)15-9-10-24(12-17(15)28-19)20(26)27-5-2/h4,6H,1,3,5,7-10,12H2,2H3,(H,23,25)/b14-6-. The van der Waals surface area contributed by atoms with Crippen molar-refractivity contribution >= 4 is 39.9 Å². The molecule has 28 heavy (non-hydrogen) atoms. The van der Waals surface area contributed by atoms with Crippen LogP contribution in [0.2, 0.25) is 0 Å².